The predicted molar refractivity (Wildman–Crippen MR) is 141 cm³/mol. The first-order valence-corrected chi connectivity index (χ1v) is 12.3. The largest absolute Gasteiger partial charge is 0.494 e. The van der Waals surface area contributed by atoms with E-state index >= 15 is 0 Å². The summed E-state index contributed by atoms with van der Waals surface area (Å²) in [5, 5.41) is 15.6. The first-order valence-electron chi connectivity index (χ1n) is 12.3. The number of nitrogens with zero attached hydrogens (tertiary/aromatic N) is 3. The molecule has 2 atom stereocenters. The number of H-pyrrole nitrogens is 1. The van der Waals surface area contributed by atoms with Gasteiger partial charge in [0.15, 0.2) is 17.0 Å². The average molecular weight is 507 g/mol. The lowest BCUT2D eigenvalue weighted by atomic mass is 9.79. The highest BCUT2D eigenvalue weighted by molar-refractivity contribution is 5.51. The van der Waals surface area contributed by atoms with Gasteiger partial charge in [0, 0.05) is 6.42 Å². The maximum Gasteiger partial charge on any atom is 0.277 e. The van der Waals surface area contributed by atoms with E-state index in [4.69, 9.17) is 24.3 Å². The molecule has 196 valence electrons. The second kappa shape index (κ2) is 11.0. The topological polar surface area (TPSA) is 111 Å². The molecular weight excluding hydrogens is 472 g/mol. The average Bonchev–Trinajstić information content (AvgIpc) is 3.24. The molecule has 0 saturated carbocycles. The van der Waals surface area contributed by atoms with E-state index in [2.05, 4.69) is 4.98 Å². The van der Waals surface area contributed by atoms with E-state index in [9.17, 15) is 9.90 Å². The minimum absolute atomic E-state index is 0.276. The molecule has 4 aromatic rings. The smallest absolute Gasteiger partial charge is 0.277 e. The van der Waals surface area contributed by atoms with E-state index in [1.54, 1.807) is 32.6 Å². The van der Waals surface area contributed by atoms with Crippen molar-refractivity contribution in [1.29, 1.82) is 0 Å². The second-order valence-corrected chi connectivity index (χ2v) is 9.41. The molecule has 0 aliphatic heterocycles. The molecule has 9 nitrogen and oxygen atoms in total. The maximum atomic E-state index is 13.1. The van der Waals surface area contributed by atoms with Gasteiger partial charge < -0.3 is 24.3 Å². The number of rotatable bonds is 11. The Morgan fingerprint density at radius 3 is 2.51 bits per heavy atom. The van der Waals surface area contributed by atoms with Gasteiger partial charge in [-0.05, 0) is 63.4 Å². The Morgan fingerprint density at radius 1 is 1.11 bits per heavy atom. The fraction of sp³-hybridized carbons (Fsp3) is 0.393. The summed E-state index contributed by atoms with van der Waals surface area (Å²) in [6.07, 6.45) is 0.921. The molecule has 0 saturated heterocycles. The first-order chi connectivity index (χ1) is 17.8. The van der Waals surface area contributed by atoms with Gasteiger partial charge in [-0.25, -0.2) is 9.50 Å². The summed E-state index contributed by atoms with van der Waals surface area (Å²) in [4.78, 5) is 20.7. The van der Waals surface area contributed by atoms with E-state index in [1.807, 2.05) is 55.5 Å². The van der Waals surface area contributed by atoms with Crippen molar-refractivity contribution < 1.29 is 19.3 Å². The fourth-order valence-electron chi connectivity index (χ4n) is 4.50. The lowest BCUT2D eigenvalue weighted by Gasteiger charge is -2.31. The number of nitrogens with one attached hydrogen (secondary N) is 1. The number of methoxy groups -OCH3 is 2. The summed E-state index contributed by atoms with van der Waals surface area (Å²) in [5.74, 6) is 3.05. The summed E-state index contributed by atoms with van der Waals surface area (Å²) in [5.41, 5.74) is 0.808. The Labute approximate surface area is 216 Å². The molecule has 0 amide bonds. The van der Waals surface area contributed by atoms with Crippen LogP contribution in [0.15, 0.2) is 53.3 Å². The van der Waals surface area contributed by atoms with Crippen LogP contribution in [-0.2, 0) is 11.8 Å². The molecule has 2 N–H and O–H groups in total. The molecule has 37 heavy (non-hydrogen) atoms. The molecule has 0 aliphatic carbocycles. The van der Waals surface area contributed by atoms with Gasteiger partial charge in [0.1, 0.15) is 17.4 Å². The van der Waals surface area contributed by atoms with Crippen LogP contribution in [0.25, 0.3) is 5.52 Å². The summed E-state index contributed by atoms with van der Waals surface area (Å²) in [6.45, 7) is 5.97. The van der Waals surface area contributed by atoms with Gasteiger partial charge in [-0.1, -0.05) is 24.3 Å². The van der Waals surface area contributed by atoms with Crippen molar-refractivity contribution in [3.63, 3.8) is 0 Å². The van der Waals surface area contributed by atoms with Crippen molar-refractivity contribution in [1.82, 2.24) is 19.6 Å². The molecule has 2 aromatic heterocycles. The third kappa shape index (κ3) is 5.46. The highest BCUT2D eigenvalue weighted by Gasteiger charge is 2.37. The van der Waals surface area contributed by atoms with Gasteiger partial charge in [-0.15, -0.1) is 0 Å². The molecule has 2 heterocycles. The fourth-order valence-corrected chi connectivity index (χ4v) is 4.50. The number of aliphatic hydroxyl groups excluding tert-OH is 1. The zero-order valence-corrected chi connectivity index (χ0v) is 21.9. The number of aryl methyl sites for hydroxylation is 1. The number of para-hydroxylation sites is 1. The van der Waals surface area contributed by atoms with Gasteiger partial charge in [0.05, 0.1) is 38.0 Å². The Kier molecular flexibility index (Phi) is 7.83. The van der Waals surface area contributed by atoms with E-state index in [0.717, 1.165) is 11.3 Å². The number of hydrogen-bond donors (Lipinski definition) is 2. The molecule has 0 spiro atoms. The second-order valence-electron chi connectivity index (χ2n) is 9.41. The van der Waals surface area contributed by atoms with Crippen molar-refractivity contribution in [2.45, 2.75) is 51.6 Å². The van der Waals surface area contributed by atoms with Crippen LogP contribution in [0.3, 0.4) is 0 Å². The predicted octanol–water partition coefficient (Wildman–Crippen LogP) is 3.83. The van der Waals surface area contributed by atoms with Crippen molar-refractivity contribution in [3.05, 3.63) is 81.8 Å². The van der Waals surface area contributed by atoms with E-state index in [1.165, 1.54) is 0 Å². The van der Waals surface area contributed by atoms with Crippen LogP contribution < -0.4 is 19.8 Å². The Hall–Kier alpha value is -3.85. The third-order valence-corrected chi connectivity index (χ3v) is 6.83. The van der Waals surface area contributed by atoms with Crippen LogP contribution in [0.4, 0.5) is 0 Å². The standard InChI is InChI=1S/C28H34N4O5/c1-18-25-26(34)30-24(17-20-12-13-22(35-4)23(16-20)36-5)31-32(25)27(29-18)28(3,19(2)33)14-9-15-37-21-10-7-6-8-11-21/h6-8,10-13,16,19,33H,9,14-15,17H2,1-5H3,(H,30,31,34). The third-order valence-electron chi connectivity index (χ3n) is 6.83. The molecule has 0 bridgehead atoms. The summed E-state index contributed by atoms with van der Waals surface area (Å²) < 4.78 is 18.2. The summed E-state index contributed by atoms with van der Waals surface area (Å²) in [7, 11) is 3.16. The molecule has 0 fully saturated rings. The number of imidazole rings is 1. The minimum atomic E-state index is -0.751. The lowest BCUT2D eigenvalue weighted by molar-refractivity contribution is 0.0893. The van der Waals surface area contributed by atoms with Crippen LogP contribution in [0, 0.1) is 6.92 Å². The number of aliphatic hydroxyl groups is 1. The SMILES string of the molecule is COc1ccc(Cc2nn3c(C(C)(CCCOc4ccccc4)C(C)O)nc(C)c3c(=O)[nH]2)cc1OC. The van der Waals surface area contributed by atoms with E-state index in [-0.39, 0.29) is 5.56 Å². The molecule has 0 radical (unpaired) electrons. The Balaban J connectivity index is 1.64. The highest BCUT2D eigenvalue weighted by Crippen LogP contribution is 2.33. The van der Waals surface area contributed by atoms with Crippen molar-refractivity contribution in [2.75, 3.05) is 20.8 Å². The molecule has 2 aromatic carbocycles. The summed E-state index contributed by atoms with van der Waals surface area (Å²) >= 11 is 0. The highest BCUT2D eigenvalue weighted by atomic mass is 16.5. The Bertz CT molecular complexity index is 1410. The number of hydrogen-bond acceptors (Lipinski definition) is 7. The van der Waals surface area contributed by atoms with Crippen LogP contribution in [0.2, 0.25) is 0 Å². The number of ether oxygens (including phenoxy) is 3. The number of fused-ring (bicyclic) bond motifs is 1. The normalized spacial score (nSPS) is 13.8. The number of benzene rings is 2. The maximum absolute atomic E-state index is 13.1. The molecule has 4 rings (SSSR count). The van der Waals surface area contributed by atoms with Crippen LogP contribution in [0.1, 0.15) is 49.6 Å². The molecular formula is C28H34N4O5. The molecule has 2 unspecified atom stereocenters. The minimum Gasteiger partial charge on any atom is -0.494 e. The van der Waals surface area contributed by atoms with Crippen molar-refractivity contribution >= 4 is 5.52 Å². The zero-order chi connectivity index (χ0) is 26.6. The lowest BCUT2D eigenvalue weighted by Crippen LogP contribution is -2.38. The quantitative estimate of drug-likeness (QED) is 0.297. The number of aromatic amines is 1. The van der Waals surface area contributed by atoms with Crippen LogP contribution in [0.5, 0.6) is 17.2 Å². The van der Waals surface area contributed by atoms with E-state index in [0.29, 0.717) is 60.2 Å². The monoisotopic (exact) mass is 506 g/mol. The van der Waals surface area contributed by atoms with E-state index < -0.39 is 11.5 Å². The van der Waals surface area contributed by atoms with Crippen molar-refractivity contribution in [2.24, 2.45) is 0 Å². The first kappa shape index (κ1) is 26.2. The van der Waals surface area contributed by atoms with Gasteiger partial charge in [0.25, 0.3) is 5.56 Å². The zero-order valence-electron chi connectivity index (χ0n) is 21.9. The van der Waals surface area contributed by atoms with Gasteiger partial charge in [0.2, 0.25) is 0 Å². The van der Waals surface area contributed by atoms with Gasteiger partial charge >= 0.3 is 0 Å². The van der Waals surface area contributed by atoms with Crippen molar-refractivity contribution in [3.8, 4) is 17.2 Å². The van der Waals surface area contributed by atoms with Crippen LogP contribution >= 0.6 is 0 Å². The summed E-state index contributed by atoms with van der Waals surface area (Å²) in [6, 6.07) is 15.2. The van der Waals surface area contributed by atoms with Gasteiger partial charge in [-0.3, -0.25) is 4.79 Å². The number of aromatic nitrogens is 4. The van der Waals surface area contributed by atoms with Gasteiger partial charge in [-0.2, -0.15) is 5.10 Å². The molecule has 9 heteroatoms. The Morgan fingerprint density at radius 2 is 1.84 bits per heavy atom. The molecule has 0 aliphatic rings. The van der Waals surface area contributed by atoms with Crippen LogP contribution in [-0.4, -0.2) is 51.6 Å².